The van der Waals surface area contributed by atoms with Gasteiger partial charge in [0.2, 0.25) is 0 Å². The molecule has 0 spiro atoms. The zero-order valence-electron chi connectivity index (χ0n) is 11.3. The highest BCUT2D eigenvalue weighted by molar-refractivity contribution is 4.85. The second-order valence-electron chi connectivity index (χ2n) is 6.18. The molecule has 1 atom stereocenters. The summed E-state index contributed by atoms with van der Waals surface area (Å²) in [5.41, 5.74) is 0.228. The lowest BCUT2D eigenvalue weighted by atomic mass is 9.84. The minimum atomic E-state index is 0.228. The molecule has 1 rings (SSSR count). The molecule has 1 fully saturated rings. The zero-order valence-corrected chi connectivity index (χ0v) is 11.3. The van der Waals surface area contributed by atoms with Crippen molar-refractivity contribution in [1.29, 1.82) is 0 Å². The Morgan fingerprint density at radius 1 is 1.31 bits per heavy atom. The number of rotatable bonds is 4. The number of aliphatic hydroxyl groups excluding tert-OH is 1. The predicted molar refractivity (Wildman–Crippen MR) is 68.6 cm³/mol. The third-order valence-electron chi connectivity index (χ3n) is 3.62. The molecule has 16 heavy (non-hydrogen) atoms. The van der Waals surface area contributed by atoms with Crippen LogP contribution in [0.4, 0.5) is 0 Å². The molecule has 3 heteroatoms. The highest BCUT2D eigenvalue weighted by Gasteiger charge is 2.27. The normalized spacial score (nSPS) is 22.3. The van der Waals surface area contributed by atoms with Crippen molar-refractivity contribution in [2.45, 2.75) is 52.1 Å². The first-order valence-electron chi connectivity index (χ1n) is 6.49. The van der Waals surface area contributed by atoms with E-state index in [9.17, 15) is 0 Å². The topological polar surface area (TPSA) is 35.5 Å². The van der Waals surface area contributed by atoms with Crippen LogP contribution < -0.4 is 5.32 Å². The van der Waals surface area contributed by atoms with Crippen molar-refractivity contribution in [3.05, 3.63) is 0 Å². The van der Waals surface area contributed by atoms with Crippen LogP contribution >= 0.6 is 0 Å². The maximum Gasteiger partial charge on any atom is 0.0446 e. The Morgan fingerprint density at radius 3 is 2.31 bits per heavy atom. The van der Waals surface area contributed by atoms with Crippen molar-refractivity contribution < 1.29 is 5.11 Å². The summed E-state index contributed by atoms with van der Waals surface area (Å²) in [6.45, 7) is 9.39. The van der Waals surface area contributed by atoms with Gasteiger partial charge < -0.3 is 15.3 Å². The fourth-order valence-corrected chi connectivity index (χ4v) is 2.36. The number of hydrogen-bond donors (Lipinski definition) is 2. The van der Waals surface area contributed by atoms with Crippen LogP contribution in [-0.2, 0) is 0 Å². The molecule has 0 amide bonds. The van der Waals surface area contributed by atoms with E-state index in [0.717, 1.165) is 6.42 Å². The van der Waals surface area contributed by atoms with E-state index in [1.54, 1.807) is 0 Å². The Kier molecular flexibility index (Phi) is 5.22. The van der Waals surface area contributed by atoms with E-state index in [1.807, 2.05) is 0 Å². The number of likely N-dealkylation sites (tertiary alicyclic amines) is 1. The van der Waals surface area contributed by atoms with Crippen LogP contribution in [0.5, 0.6) is 0 Å². The second-order valence-corrected chi connectivity index (χ2v) is 6.18. The van der Waals surface area contributed by atoms with Gasteiger partial charge in [0, 0.05) is 18.7 Å². The maximum atomic E-state index is 9.12. The summed E-state index contributed by atoms with van der Waals surface area (Å²) in [5.74, 6) is 0. The van der Waals surface area contributed by atoms with Crippen molar-refractivity contribution in [3.63, 3.8) is 0 Å². The third kappa shape index (κ3) is 4.40. The van der Waals surface area contributed by atoms with Gasteiger partial charge in [-0.25, -0.2) is 0 Å². The van der Waals surface area contributed by atoms with Crippen molar-refractivity contribution in [1.82, 2.24) is 10.2 Å². The summed E-state index contributed by atoms with van der Waals surface area (Å²) >= 11 is 0. The highest BCUT2D eigenvalue weighted by Crippen LogP contribution is 2.23. The summed E-state index contributed by atoms with van der Waals surface area (Å²) in [4.78, 5) is 2.39. The van der Waals surface area contributed by atoms with Gasteiger partial charge in [-0.1, -0.05) is 20.8 Å². The molecule has 3 nitrogen and oxygen atoms in total. The van der Waals surface area contributed by atoms with Crippen LogP contribution in [0.25, 0.3) is 0 Å². The number of aliphatic hydroxyl groups is 1. The summed E-state index contributed by atoms with van der Waals surface area (Å²) in [6.07, 6.45) is 3.32. The molecular formula is C13H28N2O. The van der Waals surface area contributed by atoms with Crippen molar-refractivity contribution in [2.24, 2.45) is 5.41 Å². The summed E-state index contributed by atoms with van der Waals surface area (Å²) in [7, 11) is 2.19. The first kappa shape index (κ1) is 13.9. The van der Waals surface area contributed by atoms with E-state index in [2.05, 4.69) is 38.0 Å². The molecule has 1 unspecified atom stereocenters. The first-order valence-corrected chi connectivity index (χ1v) is 6.49. The largest absolute Gasteiger partial charge is 0.396 e. The highest BCUT2D eigenvalue weighted by atomic mass is 16.3. The molecule has 96 valence electrons. The Balaban J connectivity index is 2.42. The van der Waals surface area contributed by atoms with Crippen LogP contribution in [-0.4, -0.2) is 48.8 Å². The summed E-state index contributed by atoms with van der Waals surface area (Å²) in [5, 5.41) is 12.9. The standard InChI is InChI=1S/C13H28N2O/c1-13(2,3)12(7-10-16)14-11-5-8-15(4)9-6-11/h11-12,14,16H,5-10H2,1-4H3. The summed E-state index contributed by atoms with van der Waals surface area (Å²) < 4.78 is 0. The monoisotopic (exact) mass is 228 g/mol. The van der Waals surface area contributed by atoms with E-state index in [1.165, 1.54) is 25.9 Å². The van der Waals surface area contributed by atoms with Gasteiger partial charge in [-0.05, 0) is 44.8 Å². The molecule has 0 bridgehead atoms. The smallest absolute Gasteiger partial charge is 0.0446 e. The lowest BCUT2D eigenvalue weighted by Crippen LogP contribution is -2.50. The van der Waals surface area contributed by atoms with E-state index < -0.39 is 0 Å². The lowest BCUT2D eigenvalue weighted by molar-refractivity contribution is 0.158. The molecule has 1 aliphatic rings. The van der Waals surface area contributed by atoms with Crippen molar-refractivity contribution in [2.75, 3.05) is 26.7 Å². The van der Waals surface area contributed by atoms with Gasteiger partial charge in [0.15, 0.2) is 0 Å². The van der Waals surface area contributed by atoms with E-state index in [0.29, 0.717) is 12.1 Å². The van der Waals surface area contributed by atoms with Crippen LogP contribution in [0.2, 0.25) is 0 Å². The zero-order chi connectivity index (χ0) is 12.2. The average molecular weight is 228 g/mol. The van der Waals surface area contributed by atoms with Crippen molar-refractivity contribution >= 4 is 0 Å². The van der Waals surface area contributed by atoms with Gasteiger partial charge >= 0.3 is 0 Å². The van der Waals surface area contributed by atoms with E-state index in [-0.39, 0.29) is 12.0 Å². The van der Waals surface area contributed by atoms with Gasteiger partial charge in [0.1, 0.15) is 0 Å². The van der Waals surface area contributed by atoms with Gasteiger partial charge in [0.25, 0.3) is 0 Å². The third-order valence-corrected chi connectivity index (χ3v) is 3.62. The Labute approximate surface area is 100 Å². The van der Waals surface area contributed by atoms with Crippen molar-refractivity contribution in [3.8, 4) is 0 Å². The number of hydrogen-bond acceptors (Lipinski definition) is 3. The SMILES string of the molecule is CN1CCC(NC(CCO)C(C)(C)C)CC1. The first-order chi connectivity index (χ1) is 7.43. The lowest BCUT2D eigenvalue weighted by Gasteiger charge is -2.37. The minimum Gasteiger partial charge on any atom is -0.396 e. The number of nitrogens with one attached hydrogen (secondary N) is 1. The molecule has 0 aromatic heterocycles. The molecule has 0 aromatic rings. The van der Waals surface area contributed by atoms with Crippen LogP contribution in [0, 0.1) is 5.41 Å². The molecule has 0 aromatic carbocycles. The van der Waals surface area contributed by atoms with E-state index >= 15 is 0 Å². The predicted octanol–water partition coefficient (Wildman–Crippen LogP) is 1.47. The number of nitrogens with zero attached hydrogens (tertiary/aromatic N) is 1. The van der Waals surface area contributed by atoms with Crippen LogP contribution in [0.15, 0.2) is 0 Å². The van der Waals surface area contributed by atoms with E-state index in [4.69, 9.17) is 5.11 Å². The van der Waals surface area contributed by atoms with Gasteiger partial charge in [-0.2, -0.15) is 0 Å². The second kappa shape index (κ2) is 5.99. The molecule has 0 aliphatic carbocycles. The molecule has 0 saturated carbocycles. The molecule has 1 saturated heterocycles. The Morgan fingerprint density at radius 2 is 1.88 bits per heavy atom. The number of piperidine rings is 1. The minimum absolute atomic E-state index is 0.228. The molecule has 1 aliphatic heterocycles. The van der Waals surface area contributed by atoms with Gasteiger partial charge in [0.05, 0.1) is 0 Å². The van der Waals surface area contributed by atoms with Gasteiger partial charge in [-0.15, -0.1) is 0 Å². The Bertz CT molecular complexity index is 193. The van der Waals surface area contributed by atoms with Crippen LogP contribution in [0.3, 0.4) is 0 Å². The maximum absolute atomic E-state index is 9.12. The average Bonchev–Trinajstić information content (AvgIpc) is 2.19. The fraction of sp³-hybridized carbons (Fsp3) is 1.00. The Hall–Kier alpha value is -0.120. The fourth-order valence-electron chi connectivity index (χ4n) is 2.36. The molecule has 2 N–H and O–H groups in total. The molecular weight excluding hydrogens is 200 g/mol. The van der Waals surface area contributed by atoms with Crippen LogP contribution in [0.1, 0.15) is 40.0 Å². The van der Waals surface area contributed by atoms with Gasteiger partial charge in [-0.3, -0.25) is 0 Å². The molecule has 0 radical (unpaired) electrons. The summed E-state index contributed by atoms with van der Waals surface area (Å²) in [6, 6.07) is 1.05. The molecule has 1 heterocycles. The quantitative estimate of drug-likeness (QED) is 0.765.